The molecule has 3 heteroatoms. The van der Waals surface area contributed by atoms with Crippen LogP contribution in [0, 0.1) is 5.92 Å². The van der Waals surface area contributed by atoms with Crippen molar-refractivity contribution in [2.24, 2.45) is 5.92 Å². The van der Waals surface area contributed by atoms with Crippen LogP contribution in [0.1, 0.15) is 19.8 Å². The minimum absolute atomic E-state index is 0.224. The van der Waals surface area contributed by atoms with Crippen molar-refractivity contribution in [1.29, 1.82) is 0 Å². The Bertz CT molecular complexity index is 386. The van der Waals surface area contributed by atoms with Gasteiger partial charge in [-0.05, 0) is 30.7 Å². The fourth-order valence-corrected chi connectivity index (χ4v) is 2.34. The number of ether oxygens (including phenoxy) is 1. The summed E-state index contributed by atoms with van der Waals surface area (Å²) in [6.07, 6.45) is 1.64. The molecule has 1 atom stereocenters. The second-order valence-corrected chi connectivity index (χ2v) is 4.45. The molecule has 1 aromatic carbocycles. The van der Waals surface area contributed by atoms with Crippen molar-refractivity contribution >= 4 is 11.5 Å². The number of methoxy groups -OCH3 is 1. The first-order chi connectivity index (χ1) is 8.24. The number of nitrogens with zero attached hydrogens (tertiary/aromatic N) is 1. The summed E-state index contributed by atoms with van der Waals surface area (Å²) in [5.41, 5.74) is 1.18. The van der Waals surface area contributed by atoms with Crippen LogP contribution in [0.15, 0.2) is 24.3 Å². The normalized spacial score (nSPS) is 19.4. The first kappa shape index (κ1) is 12.0. The van der Waals surface area contributed by atoms with Crippen LogP contribution < -0.4 is 9.64 Å². The summed E-state index contributed by atoms with van der Waals surface area (Å²) < 4.78 is 5.14. The molecule has 1 aliphatic rings. The van der Waals surface area contributed by atoms with Gasteiger partial charge in [-0.15, -0.1) is 0 Å². The highest BCUT2D eigenvalue weighted by atomic mass is 16.5. The van der Waals surface area contributed by atoms with E-state index >= 15 is 0 Å². The van der Waals surface area contributed by atoms with Crippen molar-refractivity contribution in [3.63, 3.8) is 0 Å². The first-order valence-corrected chi connectivity index (χ1v) is 6.16. The fourth-order valence-electron chi connectivity index (χ4n) is 2.34. The molecule has 17 heavy (non-hydrogen) atoms. The van der Waals surface area contributed by atoms with E-state index in [1.165, 1.54) is 5.69 Å². The minimum Gasteiger partial charge on any atom is -0.497 e. The lowest BCUT2D eigenvalue weighted by Gasteiger charge is -2.18. The summed E-state index contributed by atoms with van der Waals surface area (Å²) in [5, 5.41) is 0. The van der Waals surface area contributed by atoms with Gasteiger partial charge in [0, 0.05) is 31.1 Å². The third-order valence-corrected chi connectivity index (χ3v) is 3.43. The van der Waals surface area contributed by atoms with Gasteiger partial charge in [0.2, 0.25) is 0 Å². The summed E-state index contributed by atoms with van der Waals surface area (Å²) >= 11 is 0. The number of ketones is 1. The molecule has 92 valence electrons. The number of hydrogen-bond acceptors (Lipinski definition) is 3. The van der Waals surface area contributed by atoms with Crippen LogP contribution in [0.25, 0.3) is 0 Å². The monoisotopic (exact) mass is 233 g/mol. The topological polar surface area (TPSA) is 29.5 Å². The van der Waals surface area contributed by atoms with E-state index in [4.69, 9.17) is 4.74 Å². The molecule has 1 fully saturated rings. The molecule has 1 saturated heterocycles. The van der Waals surface area contributed by atoms with E-state index in [9.17, 15) is 4.79 Å². The summed E-state index contributed by atoms with van der Waals surface area (Å²) in [4.78, 5) is 13.9. The van der Waals surface area contributed by atoms with E-state index in [1.807, 2.05) is 19.1 Å². The van der Waals surface area contributed by atoms with E-state index in [2.05, 4.69) is 17.0 Å². The lowest BCUT2D eigenvalue weighted by Crippen LogP contribution is -2.22. The Morgan fingerprint density at radius 1 is 1.41 bits per heavy atom. The second-order valence-electron chi connectivity index (χ2n) is 4.45. The standard InChI is InChI=1S/C14H19NO2/c1-3-14(16)11-8-9-15(10-11)12-4-6-13(17-2)7-5-12/h4-7,11H,3,8-10H2,1-2H3. The fraction of sp³-hybridized carbons (Fsp3) is 0.500. The number of Topliss-reactive ketones (excluding diaryl/α,β-unsaturated/α-hetero) is 1. The molecular weight excluding hydrogens is 214 g/mol. The van der Waals surface area contributed by atoms with E-state index in [0.717, 1.165) is 25.3 Å². The van der Waals surface area contributed by atoms with Gasteiger partial charge in [0.25, 0.3) is 0 Å². The quantitative estimate of drug-likeness (QED) is 0.800. The van der Waals surface area contributed by atoms with E-state index in [1.54, 1.807) is 7.11 Å². The van der Waals surface area contributed by atoms with Crippen molar-refractivity contribution in [2.75, 3.05) is 25.1 Å². The molecule has 1 aliphatic heterocycles. The zero-order valence-electron chi connectivity index (χ0n) is 10.5. The Hall–Kier alpha value is -1.51. The van der Waals surface area contributed by atoms with Crippen LogP contribution in [-0.2, 0) is 4.79 Å². The van der Waals surface area contributed by atoms with Crippen LogP contribution >= 0.6 is 0 Å². The lowest BCUT2D eigenvalue weighted by atomic mass is 10.0. The molecule has 3 nitrogen and oxygen atoms in total. The molecule has 0 aromatic heterocycles. The van der Waals surface area contributed by atoms with Crippen LogP contribution in [0.4, 0.5) is 5.69 Å². The average molecular weight is 233 g/mol. The molecule has 0 N–H and O–H groups in total. The predicted octanol–water partition coefficient (Wildman–Crippen LogP) is 2.50. The van der Waals surface area contributed by atoms with Crippen LogP contribution in [-0.4, -0.2) is 26.0 Å². The van der Waals surface area contributed by atoms with Gasteiger partial charge in [-0.1, -0.05) is 6.92 Å². The minimum atomic E-state index is 0.224. The largest absolute Gasteiger partial charge is 0.497 e. The highest BCUT2D eigenvalue weighted by Crippen LogP contribution is 2.26. The molecule has 2 rings (SSSR count). The highest BCUT2D eigenvalue weighted by Gasteiger charge is 2.26. The molecular formula is C14H19NO2. The van der Waals surface area contributed by atoms with Crippen molar-refractivity contribution in [3.8, 4) is 5.75 Å². The Balaban J connectivity index is 2.02. The Labute approximate surface area is 102 Å². The molecule has 0 spiro atoms. The molecule has 0 bridgehead atoms. The maximum atomic E-state index is 11.6. The van der Waals surface area contributed by atoms with Crippen molar-refractivity contribution in [2.45, 2.75) is 19.8 Å². The van der Waals surface area contributed by atoms with Gasteiger partial charge in [0.05, 0.1) is 7.11 Å². The number of carbonyl (C=O) groups excluding carboxylic acids is 1. The van der Waals surface area contributed by atoms with Crippen LogP contribution in [0.3, 0.4) is 0 Å². The van der Waals surface area contributed by atoms with Crippen molar-refractivity contribution in [3.05, 3.63) is 24.3 Å². The predicted molar refractivity (Wildman–Crippen MR) is 68.6 cm³/mol. The molecule has 0 saturated carbocycles. The maximum absolute atomic E-state index is 11.6. The SMILES string of the molecule is CCC(=O)C1CCN(c2ccc(OC)cc2)C1. The third kappa shape index (κ3) is 2.60. The second kappa shape index (κ2) is 5.21. The molecule has 1 aromatic rings. The third-order valence-electron chi connectivity index (χ3n) is 3.43. The molecule has 0 amide bonds. The first-order valence-electron chi connectivity index (χ1n) is 6.16. The summed E-state index contributed by atoms with van der Waals surface area (Å²) in [6.45, 7) is 3.78. The summed E-state index contributed by atoms with van der Waals surface area (Å²) in [7, 11) is 1.67. The summed E-state index contributed by atoms with van der Waals surface area (Å²) in [5.74, 6) is 1.48. The van der Waals surface area contributed by atoms with Gasteiger partial charge in [0.15, 0.2) is 0 Å². The summed E-state index contributed by atoms with van der Waals surface area (Å²) in [6, 6.07) is 8.03. The van der Waals surface area contributed by atoms with Gasteiger partial charge in [-0.25, -0.2) is 0 Å². The van der Waals surface area contributed by atoms with E-state index < -0.39 is 0 Å². The van der Waals surface area contributed by atoms with Crippen molar-refractivity contribution < 1.29 is 9.53 Å². The average Bonchev–Trinajstić information content (AvgIpc) is 2.87. The van der Waals surface area contributed by atoms with E-state index in [-0.39, 0.29) is 5.92 Å². The van der Waals surface area contributed by atoms with Gasteiger partial charge < -0.3 is 9.64 Å². The molecule has 0 radical (unpaired) electrons. The van der Waals surface area contributed by atoms with E-state index in [0.29, 0.717) is 12.2 Å². The zero-order chi connectivity index (χ0) is 12.3. The zero-order valence-corrected chi connectivity index (χ0v) is 10.5. The van der Waals surface area contributed by atoms with Gasteiger partial charge in [-0.2, -0.15) is 0 Å². The molecule has 0 aliphatic carbocycles. The molecule has 1 unspecified atom stereocenters. The van der Waals surface area contributed by atoms with Gasteiger partial charge in [-0.3, -0.25) is 4.79 Å². The number of benzene rings is 1. The Morgan fingerprint density at radius 2 is 2.12 bits per heavy atom. The van der Waals surface area contributed by atoms with Crippen LogP contribution in [0.2, 0.25) is 0 Å². The lowest BCUT2D eigenvalue weighted by molar-refractivity contribution is -0.121. The van der Waals surface area contributed by atoms with Gasteiger partial charge in [0.1, 0.15) is 11.5 Å². The molecule has 1 heterocycles. The Kier molecular flexibility index (Phi) is 3.67. The van der Waals surface area contributed by atoms with Crippen LogP contribution in [0.5, 0.6) is 5.75 Å². The Morgan fingerprint density at radius 3 is 2.71 bits per heavy atom. The van der Waals surface area contributed by atoms with Crippen molar-refractivity contribution in [1.82, 2.24) is 0 Å². The number of hydrogen-bond donors (Lipinski definition) is 0. The number of anilines is 1. The highest BCUT2D eigenvalue weighted by molar-refractivity contribution is 5.82. The number of rotatable bonds is 4. The smallest absolute Gasteiger partial charge is 0.137 e. The maximum Gasteiger partial charge on any atom is 0.137 e. The van der Waals surface area contributed by atoms with Gasteiger partial charge >= 0.3 is 0 Å². The number of carbonyl (C=O) groups is 1.